The maximum atomic E-state index is 11.4. The van der Waals surface area contributed by atoms with Crippen molar-refractivity contribution in [1.29, 1.82) is 0 Å². The van der Waals surface area contributed by atoms with Crippen LogP contribution in [0.4, 0.5) is 4.79 Å². The molecule has 7 heteroatoms. The second-order valence-corrected chi connectivity index (χ2v) is 6.87. The topological polar surface area (TPSA) is 83.5 Å². The van der Waals surface area contributed by atoms with E-state index in [0.29, 0.717) is 23.9 Å². The summed E-state index contributed by atoms with van der Waals surface area (Å²) >= 11 is 0. The predicted octanol–water partition coefficient (Wildman–Crippen LogP) is 6.30. The lowest BCUT2D eigenvalue weighted by molar-refractivity contribution is -0.270. The molecular weight excluding hydrogens is 412 g/mol. The summed E-state index contributed by atoms with van der Waals surface area (Å²) in [7, 11) is 0. The molecule has 0 fully saturated rings. The Morgan fingerprint density at radius 1 is 0.844 bits per heavy atom. The minimum Gasteiger partial charge on any atom is -0.494 e. The largest absolute Gasteiger partial charge is 0.513 e. The second kappa shape index (κ2) is 11.2. The fourth-order valence-electron chi connectivity index (χ4n) is 3.12. The molecule has 0 aromatic heterocycles. The molecule has 7 nitrogen and oxygen atoms in total. The van der Waals surface area contributed by atoms with Crippen molar-refractivity contribution in [2.24, 2.45) is 0 Å². The fraction of sp³-hybridized carbons (Fsp3) is 0.240. The Morgan fingerprint density at radius 3 is 2.06 bits per heavy atom. The zero-order valence-electron chi connectivity index (χ0n) is 18.2. The van der Waals surface area contributed by atoms with Crippen LogP contribution in [0.15, 0.2) is 66.7 Å². The highest BCUT2D eigenvalue weighted by molar-refractivity contribution is 5.63. The quantitative estimate of drug-likeness (QED) is 0.182. The Bertz CT molecular complexity index is 1010. The molecule has 0 aliphatic rings. The lowest BCUT2D eigenvalue weighted by atomic mass is 9.99. The average Bonchev–Trinajstić information content (AvgIpc) is 2.79. The Morgan fingerprint density at radius 2 is 1.47 bits per heavy atom. The zero-order valence-corrected chi connectivity index (χ0v) is 18.2. The summed E-state index contributed by atoms with van der Waals surface area (Å²) in [4.78, 5) is 16.1. The van der Waals surface area contributed by atoms with Gasteiger partial charge in [-0.1, -0.05) is 18.2 Å². The van der Waals surface area contributed by atoms with Crippen LogP contribution in [-0.2, 0) is 9.62 Å². The number of carbonyl (C=O) groups excluding carboxylic acids is 1. The van der Waals surface area contributed by atoms with Crippen molar-refractivity contribution < 1.29 is 33.9 Å². The molecule has 0 aliphatic heterocycles. The average molecular weight is 438 g/mol. The molecule has 1 atom stereocenters. The third-order valence-corrected chi connectivity index (χ3v) is 4.62. The number of rotatable bonds is 9. The molecule has 0 radical (unpaired) electrons. The van der Waals surface area contributed by atoms with Crippen LogP contribution in [0.2, 0.25) is 0 Å². The minimum atomic E-state index is -0.749. The summed E-state index contributed by atoms with van der Waals surface area (Å²) in [6.07, 6.45) is -1.39. The van der Waals surface area contributed by atoms with Crippen molar-refractivity contribution in [3.05, 3.63) is 83.4 Å². The van der Waals surface area contributed by atoms with E-state index in [0.717, 1.165) is 22.4 Å². The van der Waals surface area contributed by atoms with E-state index in [9.17, 15) is 10.1 Å². The van der Waals surface area contributed by atoms with Gasteiger partial charge in [-0.15, -0.1) is 0 Å². The van der Waals surface area contributed by atoms with Crippen molar-refractivity contribution in [3.63, 3.8) is 0 Å². The summed E-state index contributed by atoms with van der Waals surface area (Å²) in [5.74, 6) is 2.35. The van der Waals surface area contributed by atoms with Gasteiger partial charge < -0.3 is 18.9 Å². The second-order valence-electron chi connectivity index (χ2n) is 6.87. The number of carbonyl (C=O) groups is 1. The smallest absolute Gasteiger partial charge is 0.494 e. The molecule has 0 aliphatic carbocycles. The summed E-state index contributed by atoms with van der Waals surface area (Å²) in [5.41, 5.74) is 2.43. The lowest BCUT2D eigenvalue weighted by Gasteiger charge is -2.17. The maximum absolute atomic E-state index is 11.4. The van der Waals surface area contributed by atoms with Crippen molar-refractivity contribution in [3.8, 4) is 23.0 Å². The first-order valence-corrected chi connectivity index (χ1v) is 10.3. The molecule has 1 N–H and O–H groups in total. The molecule has 1 unspecified atom stereocenters. The number of hydrogen-bond donors (Lipinski definition) is 1. The van der Waals surface area contributed by atoms with Crippen LogP contribution < -0.4 is 14.2 Å². The van der Waals surface area contributed by atoms with Crippen LogP contribution in [0.5, 0.6) is 23.0 Å². The molecule has 3 rings (SSSR count). The normalized spacial score (nSPS) is 11.5. The van der Waals surface area contributed by atoms with Gasteiger partial charge in [0.25, 0.3) is 0 Å². The SMILES string of the molecule is CCOC(=O)Oc1ccc(Oc2ccc(C(OO)c3ccc(OCC)cc3)cc2C)cc1. The molecule has 32 heavy (non-hydrogen) atoms. The zero-order chi connectivity index (χ0) is 22.9. The highest BCUT2D eigenvalue weighted by Crippen LogP contribution is 2.32. The van der Waals surface area contributed by atoms with Gasteiger partial charge in [0.1, 0.15) is 29.1 Å². The highest BCUT2D eigenvalue weighted by Gasteiger charge is 2.17. The first-order valence-electron chi connectivity index (χ1n) is 10.3. The van der Waals surface area contributed by atoms with Crippen molar-refractivity contribution in [2.45, 2.75) is 26.9 Å². The van der Waals surface area contributed by atoms with Gasteiger partial charge in [-0.2, -0.15) is 0 Å². The van der Waals surface area contributed by atoms with Crippen LogP contribution in [0.1, 0.15) is 36.6 Å². The molecular formula is C25H26O7. The Balaban J connectivity index is 1.70. The number of hydrogen-bond acceptors (Lipinski definition) is 7. The molecule has 0 amide bonds. The van der Waals surface area contributed by atoms with Gasteiger partial charge in [0.05, 0.1) is 13.2 Å². The van der Waals surface area contributed by atoms with E-state index in [-0.39, 0.29) is 6.61 Å². The first-order chi connectivity index (χ1) is 15.5. The van der Waals surface area contributed by atoms with Crippen LogP contribution in [0.25, 0.3) is 0 Å². The van der Waals surface area contributed by atoms with Crippen LogP contribution >= 0.6 is 0 Å². The number of aryl methyl sites for hydroxylation is 1. The lowest BCUT2D eigenvalue weighted by Crippen LogP contribution is -2.09. The third-order valence-electron chi connectivity index (χ3n) is 4.62. The summed E-state index contributed by atoms with van der Waals surface area (Å²) in [6, 6.07) is 19.6. The van der Waals surface area contributed by atoms with E-state index in [1.54, 1.807) is 31.2 Å². The standard InChI is InChI=1S/C25H26O7/c1-4-28-20-9-6-18(7-10-20)24(32-27)19-8-15-23(17(3)16-19)30-21-11-13-22(14-12-21)31-25(26)29-5-2/h6-16,24,27H,4-5H2,1-3H3. The number of benzene rings is 3. The first kappa shape index (κ1) is 23.1. The molecule has 0 saturated heterocycles. The van der Waals surface area contributed by atoms with Gasteiger partial charge in [0.2, 0.25) is 0 Å². The van der Waals surface area contributed by atoms with Crippen molar-refractivity contribution in [2.75, 3.05) is 13.2 Å². The minimum absolute atomic E-state index is 0.246. The molecule has 0 heterocycles. The van der Waals surface area contributed by atoms with Gasteiger partial charge >= 0.3 is 6.16 Å². The highest BCUT2D eigenvalue weighted by atomic mass is 17.1. The van der Waals surface area contributed by atoms with Gasteiger partial charge in [0.15, 0.2) is 0 Å². The van der Waals surface area contributed by atoms with E-state index in [1.165, 1.54) is 0 Å². The summed E-state index contributed by atoms with van der Waals surface area (Å²) in [6.45, 7) is 6.37. The predicted molar refractivity (Wildman–Crippen MR) is 119 cm³/mol. The molecule has 3 aromatic rings. The molecule has 0 bridgehead atoms. The van der Waals surface area contributed by atoms with Gasteiger partial charge in [-0.25, -0.2) is 9.68 Å². The van der Waals surface area contributed by atoms with E-state index < -0.39 is 12.3 Å². The van der Waals surface area contributed by atoms with Gasteiger partial charge in [0, 0.05) is 0 Å². The number of ether oxygens (including phenoxy) is 4. The third kappa shape index (κ3) is 6.00. The van der Waals surface area contributed by atoms with Crippen molar-refractivity contribution in [1.82, 2.24) is 0 Å². The Hall–Kier alpha value is -3.55. The molecule has 0 spiro atoms. The molecule has 3 aromatic carbocycles. The summed E-state index contributed by atoms with van der Waals surface area (Å²) < 4.78 is 21.2. The van der Waals surface area contributed by atoms with Crippen LogP contribution in [-0.4, -0.2) is 24.6 Å². The van der Waals surface area contributed by atoms with E-state index in [4.69, 9.17) is 23.8 Å². The van der Waals surface area contributed by atoms with Gasteiger partial charge in [-0.05, 0) is 86.0 Å². The van der Waals surface area contributed by atoms with Gasteiger partial charge in [-0.3, -0.25) is 5.26 Å². The fourth-order valence-corrected chi connectivity index (χ4v) is 3.12. The van der Waals surface area contributed by atoms with E-state index in [2.05, 4.69) is 0 Å². The van der Waals surface area contributed by atoms with E-state index >= 15 is 0 Å². The Labute approximate surface area is 187 Å². The van der Waals surface area contributed by atoms with E-state index in [1.807, 2.05) is 56.3 Å². The molecule has 168 valence electrons. The molecule has 0 saturated carbocycles. The van der Waals surface area contributed by atoms with Crippen LogP contribution in [0.3, 0.4) is 0 Å². The summed E-state index contributed by atoms with van der Waals surface area (Å²) in [5, 5.41) is 9.52. The maximum Gasteiger partial charge on any atom is 0.513 e. The van der Waals surface area contributed by atoms with Crippen LogP contribution in [0, 0.1) is 6.92 Å². The monoisotopic (exact) mass is 438 g/mol. The van der Waals surface area contributed by atoms with Crippen molar-refractivity contribution >= 4 is 6.16 Å². The Kier molecular flexibility index (Phi) is 8.08.